The van der Waals surface area contributed by atoms with E-state index in [2.05, 4.69) is 15.0 Å². The average Bonchev–Trinajstić information content (AvgIpc) is 2.90. The maximum absolute atomic E-state index is 12.4. The van der Waals surface area contributed by atoms with Gasteiger partial charge in [0, 0.05) is 12.7 Å². The van der Waals surface area contributed by atoms with Crippen LogP contribution in [0.3, 0.4) is 0 Å². The number of carbonyl (C=O) groups is 1. The Bertz CT molecular complexity index is 1030. The van der Waals surface area contributed by atoms with Crippen LogP contribution in [0, 0.1) is 0 Å². The Labute approximate surface area is 149 Å². The minimum absolute atomic E-state index is 0.188. The zero-order chi connectivity index (χ0) is 19.1. The highest BCUT2D eigenvalue weighted by Crippen LogP contribution is 2.22. The molecule has 0 aliphatic heterocycles. The van der Waals surface area contributed by atoms with Crippen molar-refractivity contribution in [3.63, 3.8) is 0 Å². The van der Waals surface area contributed by atoms with Crippen LogP contribution < -0.4 is 16.3 Å². The second-order valence-electron chi connectivity index (χ2n) is 6.78. The van der Waals surface area contributed by atoms with Crippen molar-refractivity contribution in [2.24, 2.45) is 0 Å². The van der Waals surface area contributed by atoms with Crippen molar-refractivity contribution in [2.75, 3.05) is 17.7 Å². The molecule has 0 aliphatic rings. The molecule has 3 rings (SSSR count). The molecule has 0 fully saturated rings. The number of hydrogen-bond donors (Lipinski definition) is 2. The predicted octanol–water partition coefficient (Wildman–Crippen LogP) is 2.06. The average molecular weight is 356 g/mol. The molecule has 3 aromatic rings. The van der Waals surface area contributed by atoms with Gasteiger partial charge in [0.25, 0.3) is 0 Å². The van der Waals surface area contributed by atoms with E-state index in [9.17, 15) is 9.59 Å². The van der Waals surface area contributed by atoms with Crippen LogP contribution in [0.25, 0.3) is 16.9 Å². The van der Waals surface area contributed by atoms with Crippen LogP contribution in [0.2, 0.25) is 0 Å². The molecule has 136 valence electrons. The number of imidazole rings is 1. The number of aromatic nitrogens is 4. The van der Waals surface area contributed by atoms with Gasteiger partial charge in [-0.1, -0.05) is 6.07 Å². The first-order valence-electron chi connectivity index (χ1n) is 7.96. The third kappa shape index (κ3) is 3.23. The van der Waals surface area contributed by atoms with E-state index in [0.717, 1.165) is 0 Å². The molecule has 0 saturated heterocycles. The quantitative estimate of drug-likeness (QED) is 0.725. The first-order valence-corrected chi connectivity index (χ1v) is 7.96. The molecule has 0 bridgehead atoms. The number of hydrogen-bond acceptors (Lipinski definition) is 6. The van der Waals surface area contributed by atoms with Crippen molar-refractivity contribution in [3.05, 3.63) is 41.1 Å². The zero-order valence-corrected chi connectivity index (χ0v) is 15.0. The fraction of sp³-hybridized carbons (Fsp3) is 0.294. The summed E-state index contributed by atoms with van der Waals surface area (Å²) < 4.78 is 6.74. The molecule has 0 aliphatic carbocycles. The zero-order valence-electron chi connectivity index (χ0n) is 15.0. The largest absolute Gasteiger partial charge is 0.443 e. The molecule has 2 aromatic heterocycles. The summed E-state index contributed by atoms with van der Waals surface area (Å²) in [6.07, 6.45) is 0.797. The lowest BCUT2D eigenvalue weighted by Crippen LogP contribution is -2.34. The predicted molar refractivity (Wildman–Crippen MR) is 98.5 cm³/mol. The number of amides is 1. The molecule has 3 N–H and O–H groups in total. The Morgan fingerprint density at radius 1 is 1.31 bits per heavy atom. The number of benzene rings is 1. The van der Waals surface area contributed by atoms with Crippen molar-refractivity contribution < 1.29 is 9.53 Å². The smallest absolute Gasteiger partial charge is 0.414 e. The van der Waals surface area contributed by atoms with Crippen molar-refractivity contribution in [1.29, 1.82) is 0 Å². The van der Waals surface area contributed by atoms with Crippen LogP contribution >= 0.6 is 0 Å². The molecular weight excluding hydrogens is 336 g/mol. The summed E-state index contributed by atoms with van der Waals surface area (Å²) in [5.74, 6) is 0.188. The third-order valence-electron chi connectivity index (χ3n) is 3.65. The summed E-state index contributed by atoms with van der Waals surface area (Å²) in [6.45, 7) is 5.39. The molecule has 0 radical (unpaired) electrons. The van der Waals surface area contributed by atoms with Crippen LogP contribution in [0.5, 0.6) is 0 Å². The van der Waals surface area contributed by atoms with Crippen molar-refractivity contribution >= 4 is 28.8 Å². The lowest BCUT2D eigenvalue weighted by atomic mass is 10.2. The fourth-order valence-corrected chi connectivity index (χ4v) is 2.45. The van der Waals surface area contributed by atoms with E-state index >= 15 is 0 Å². The minimum Gasteiger partial charge on any atom is -0.443 e. The van der Waals surface area contributed by atoms with E-state index in [4.69, 9.17) is 10.5 Å². The summed E-state index contributed by atoms with van der Waals surface area (Å²) in [6, 6.07) is 6.91. The maximum atomic E-state index is 12.4. The molecule has 26 heavy (non-hydrogen) atoms. The monoisotopic (exact) mass is 356 g/mol. The van der Waals surface area contributed by atoms with Gasteiger partial charge >= 0.3 is 11.8 Å². The molecule has 9 nitrogen and oxygen atoms in total. The summed E-state index contributed by atoms with van der Waals surface area (Å²) in [5.41, 5.74) is 6.61. The molecule has 0 spiro atoms. The molecule has 0 unspecified atom stereocenters. The molecule has 0 saturated carbocycles. The van der Waals surface area contributed by atoms with Gasteiger partial charge in [0.1, 0.15) is 17.4 Å². The van der Waals surface area contributed by atoms with Crippen LogP contribution in [0.1, 0.15) is 20.8 Å². The Balaban J connectivity index is 2.04. The first-order chi connectivity index (χ1) is 12.2. The van der Waals surface area contributed by atoms with Gasteiger partial charge in [-0.05, 0) is 39.0 Å². The Morgan fingerprint density at radius 3 is 2.73 bits per heavy atom. The molecule has 2 heterocycles. The molecule has 1 aromatic carbocycles. The number of ether oxygens (including phenoxy) is 1. The van der Waals surface area contributed by atoms with Crippen LogP contribution in [0.4, 0.5) is 16.3 Å². The van der Waals surface area contributed by atoms with E-state index in [1.807, 2.05) is 0 Å². The van der Waals surface area contributed by atoms with E-state index in [1.165, 1.54) is 15.8 Å². The van der Waals surface area contributed by atoms with Crippen molar-refractivity contribution in [3.8, 4) is 5.69 Å². The van der Waals surface area contributed by atoms with E-state index in [0.29, 0.717) is 22.5 Å². The Kier molecular flexibility index (Phi) is 4.15. The van der Waals surface area contributed by atoms with Crippen LogP contribution in [0.15, 0.2) is 35.4 Å². The van der Waals surface area contributed by atoms with Gasteiger partial charge < -0.3 is 15.5 Å². The Hall–Kier alpha value is -3.36. The Morgan fingerprint density at radius 2 is 2.04 bits per heavy atom. The first kappa shape index (κ1) is 17.5. The second kappa shape index (κ2) is 6.17. The molecule has 1 amide bonds. The number of fused-ring (bicyclic) bond motifs is 1. The number of anilines is 2. The number of H-pyrrole nitrogens is 1. The van der Waals surface area contributed by atoms with Gasteiger partial charge in [-0.25, -0.2) is 24.1 Å². The normalized spacial score (nSPS) is 11.5. The van der Waals surface area contributed by atoms with Crippen molar-refractivity contribution in [2.45, 2.75) is 26.4 Å². The van der Waals surface area contributed by atoms with Gasteiger partial charge in [0.15, 0.2) is 11.5 Å². The number of nitrogens with one attached hydrogen (secondary N) is 1. The summed E-state index contributed by atoms with van der Waals surface area (Å²) in [4.78, 5) is 36.7. The van der Waals surface area contributed by atoms with Crippen LogP contribution in [-0.2, 0) is 4.74 Å². The number of rotatable bonds is 2. The van der Waals surface area contributed by atoms with Crippen molar-refractivity contribution in [1.82, 2.24) is 19.5 Å². The molecule has 9 heteroatoms. The maximum Gasteiger partial charge on any atom is 0.414 e. The van der Waals surface area contributed by atoms with Gasteiger partial charge in [-0.15, -0.1) is 0 Å². The van der Waals surface area contributed by atoms with Crippen LogP contribution in [-0.4, -0.2) is 38.3 Å². The van der Waals surface area contributed by atoms with E-state index in [1.54, 1.807) is 52.1 Å². The summed E-state index contributed by atoms with van der Waals surface area (Å²) in [5, 5.41) is 0. The minimum atomic E-state index is -0.606. The van der Waals surface area contributed by atoms with Gasteiger partial charge in [0.2, 0.25) is 0 Å². The summed E-state index contributed by atoms with van der Waals surface area (Å²) >= 11 is 0. The van der Waals surface area contributed by atoms with Gasteiger partial charge in [-0.3, -0.25) is 4.90 Å². The van der Waals surface area contributed by atoms with E-state index < -0.39 is 17.4 Å². The summed E-state index contributed by atoms with van der Waals surface area (Å²) in [7, 11) is 1.60. The highest BCUT2D eigenvalue weighted by Gasteiger charge is 2.21. The number of nitrogens with two attached hydrogens (primary N) is 1. The molecule has 0 atom stereocenters. The van der Waals surface area contributed by atoms with E-state index in [-0.39, 0.29) is 5.82 Å². The SMILES string of the molecule is CN(C(=O)OC(C)(C)C)c1cccc(-n2c(=O)[nH]c3c(N)ncnc32)c1. The van der Waals surface area contributed by atoms with Gasteiger partial charge in [0.05, 0.1) is 5.69 Å². The topological polar surface area (TPSA) is 119 Å². The highest BCUT2D eigenvalue weighted by molar-refractivity contribution is 5.88. The third-order valence-corrected chi connectivity index (χ3v) is 3.65. The van der Waals surface area contributed by atoms with Gasteiger partial charge in [-0.2, -0.15) is 0 Å². The lowest BCUT2D eigenvalue weighted by Gasteiger charge is -2.25. The second-order valence-corrected chi connectivity index (χ2v) is 6.78. The highest BCUT2D eigenvalue weighted by atomic mass is 16.6. The number of nitrogens with zero attached hydrogens (tertiary/aromatic N) is 4. The number of nitrogen functional groups attached to an aromatic ring is 1. The fourth-order valence-electron chi connectivity index (χ4n) is 2.45. The number of aromatic amines is 1. The molecular formula is C17H20N6O3. The lowest BCUT2D eigenvalue weighted by molar-refractivity contribution is 0.0589. The number of carbonyl (C=O) groups excluding carboxylic acids is 1. The standard InChI is InChI=1S/C17H20N6O3/c1-17(2,3)26-16(25)22(4)10-6-5-7-11(8-10)23-14-12(21-15(23)24)13(18)19-9-20-14/h5-9H,1-4H3,(H,21,24)(H2,18,19,20).